The highest BCUT2D eigenvalue weighted by Crippen LogP contribution is 2.25. The summed E-state index contributed by atoms with van der Waals surface area (Å²) in [6, 6.07) is 0. The van der Waals surface area contributed by atoms with E-state index in [0.717, 1.165) is 23.9 Å². The molecular weight excluding hydrogens is 206 g/mol. The van der Waals surface area contributed by atoms with E-state index in [1.165, 1.54) is 17.7 Å². The van der Waals surface area contributed by atoms with Gasteiger partial charge in [-0.15, -0.1) is 11.3 Å². The standard InChI is InChI=1S/C11H21N3S/c1-4-5-7-14(8-6-12)11-13-9(2)10(3)15-11/h4-8,12H2,1-3H3. The third-order valence-electron chi connectivity index (χ3n) is 2.47. The van der Waals surface area contributed by atoms with Gasteiger partial charge in [0.25, 0.3) is 0 Å². The average molecular weight is 227 g/mol. The third-order valence-corrected chi connectivity index (χ3v) is 3.60. The summed E-state index contributed by atoms with van der Waals surface area (Å²) in [6.45, 7) is 9.07. The smallest absolute Gasteiger partial charge is 0.185 e. The van der Waals surface area contributed by atoms with E-state index >= 15 is 0 Å². The number of aryl methyl sites for hydroxylation is 2. The zero-order valence-corrected chi connectivity index (χ0v) is 10.7. The SMILES string of the molecule is CCCCN(CCN)c1nc(C)c(C)s1. The number of hydrogen-bond acceptors (Lipinski definition) is 4. The molecule has 1 aromatic rings. The Bertz CT molecular complexity index is 277. The zero-order chi connectivity index (χ0) is 11.3. The molecule has 0 saturated carbocycles. The van der Waals surface area contributed by atoms with E-state index in [4.69, 9.17) is 5.73 Å². The number of nitrogens with two attached hydrogens (primary N) is 1. The van der Waals surface area contributed by atoms with Crippen LogP contribution >= 0.6 is 11.3 Å². The Balaban J connectivity index is 2.69. The van der Waals surface area contributed by atoms with Crippen LogP contribution in [0.4, 0.5) is 5.13 Å². The van der Waals surface area contributed by atoms with Crippen LogP contribution in [0, 0.1) is 13.8 Å². The normalized spacial score (nSPS) is 10.7. The summed E-state index contributed by atoms with van der Waals surface area (Å²) in [6.07, 6.45) is 2.42. The number of rotatable bonds is 6. The Labute approximate surface area is 96.3 Å². The fraction of sp³-hybridized carbons (Fsp3) is 0.727. The molecule has 1 rings (SSSR count). The fourth-order valence-corrected chi connectivity index (χ4v) is 2.36. The van der Waals surface area contributed by atoms with Gasteiger partial charge in [-0.1, -0.05) is 13.3 Å². The molecule has 0 unspecified atom stereocenters. The van der Waals surface area contributed by atoms with Crippen LogP contribution < -0.4 is 10.6 Å². The summed E-state index contributed by atoms with van der Waals surface area (Å²) in [7, 11) is 0. The van der Waals surface area contributed by atoms with Crippen LogP contribution in [0.25, 0.3) is 0 Å². The predicted octanol–water partition coefficient (Wildman–Crippen LogP) is 2.33. The molecule has 86 valence electrons. The molecule has 0 fully saturated rings. The Morgan fingerprint density at radius 3 is 2.53 bits per heavy atom. The first-order chi connectivity index (χ1) is 7.19. The van der Waals surface area contributed by atoms with Gasteiger partial charge < -0.3 is 10.6 Å². The lowest BCUT2D eigenvalue weighted by Crippen LogP contribution is -2.30. The van der Waals surface area contributed by atoms with Crippen molar-refractivity contribution in [3.63, 3.8) is 0 Å². The molecule has 1 aromatic heterocycles. The van der Waals surface area contributed by atoms with Crippen LogP contribution in [-0.4, -0.2) is 24.6 Å². The van der Waals surface area contributed by atoms with Gasteiger partial charge in [-0.05, 0) is 20.3 Å². The minimum absolute atomic E-state index is 0.696. The molecule has 3 nitrogen and oxygen atoms in total. The Morgan fingerprint density at radius 2 is 2.07 bits per heavy atom. The monoisotopic (exact) mass is 227 g/mol. The molecule has 0 aliphatic heterocycles. The first-order valence-electron chi connectivity index (χ1n) is 5.58. The summed E-state index contributed by atoms with van der Waals surface area (Å²) in [5, 5.41) is 1.13. The molecule has 2 N–H and O–H groups in total. The molecule has 0 spiro atoms. The number of anilines is 1. The summed E-state index contributed by atoms with van der Waals surface area (Å²) >= 11 is 1.77. The molecule has 4 heteroatoms. The first kappa shape index (κ1) is 12.5. The maximum absolute atomic E-state index is 5.62. The van der Waals surface area contributed by atoms with Crippen molar-refractivity contribution in [2.45, 2.75) is 33.6 Å². The molecule has 0 aromatic carbocycles. The van der Waals surface area contributed by atoms with E-state index in [-0.39, 0.29) is 0 Å². The molecule has 1 heterocycles. The van der Waals surface area contributed by atoms with Gasteiger partial charge in [-0.25, -0.2) is 4.98 Å². The van der Waals surface area contributed by atoms with Crippen molar-refractivity contribution in [3.05, 3.63) is 10.6 Å². The minimum atomic E-state index is 0.696. The van der Waals surface area contributed by atoms with Crippen molar-refractivity contribution in [2.75, 3.05) is 24.5 Å². The highest BCUT2D eigenvalue weighted by atomic mass is 32.1. The summed E-state index contributed by atoms with van der Waals surface area (Å²) < 4.78 is 0. The molecule has 0 amide bonds. The van der Waals surface area contributed by atoms with Crippen LogP contribution in [-0.2, 0) is 0 Å². The van der Waals surface area contributed by atoms with Gasteiger partial charge in [-0.2, -0.15) is 0 Å². The maximum atomic E-state index is 5.62. The second-order valence-corrected chi connectivity index (χ2v) is 4.95. The number of hydrogen-bond donors (Lipinski definition) is 1. The van der Waals surface area contributed by atoms with Crippen LogP contribution in [0.2, 0.25) is 0 Å². The molecule has 0 atom stereocenters. The molecule has 0 aliphatic carbocycles. The van der Waals surface area contributed by atoms with E-state index < -0.39 is 0 Å². The topological polar surface area (TPSA) is 42.1 Å². The first-order valence-corrected chi connectivity index (χ1v) is 6.39. The molecule has 15 heavy (non-hydrogen) atoms. The minimum Gasteiger partial charge on any atom is -0.347 e. The fourth-order valence-electron chi connectivity index (χ4n) is 1.40. The Kier molecular flexibility index (Phi) is 5.05. The summed E-state index contributed by atoms with van der Waals surface area (Å²) in [5.41, 5.74) is 6.77. The molecule has 0 bridgehead atoms. The lowest BCUT2D eigenvalue weighted by atomic mass is 10.3. The van der Waals surface area contributed by atoms with Gasteiger partial charge >= 0.3 is 0 Å². The Morgan fingerprint density at radius 1 is 1.33 bits per heavy atom. The highest BCUT2D eigenvalue weighted by molar-refractivity contribution is 7.15. The van der Waals surface area contributed by atoms with Gasteiger partial charge in [0.1, 0.15) is 0 Å². The number of nitrogens with zero attached hydrogens (tertiary/aromatic N) is 2. The summed E-state index contributed by atoms with van der Waals surface area (Å²) in [4.78, 5) is 8.18. The van der Waals surface area contributed by atoms with Crippen molar-refractivity contribution in [1.82, 2.24) is 4.98 Å². The van der Waals surface area contributed by atoms with Crippen molar-refractivity contribution >= 4 is 16.5 Å². The lowest BCUT2D eigenvalue weighted by molar-refractivity contribution is 0.713. The predicted molar refractivity (Wildman–Crippen MR) is 67.8 cm³/mol. The number of thiazole rings is 1. The molecule has 0 aliphatic rings. The second-order valence-electron chi connectivity index (χ2n) is 3.77. The van der Waals surface area contributed by atoms with Crippen molar-refractivity contribution in [3.8, 4) is 0 Å². The van der Waals surface area contributed by atoms with Crippen LogP contribution in [0.15, 0.2) is 0 Å². The van der Waals surface area contributed by atoms with E-state index in [1.807, 2.05) is 0 Å². The van der Waals surface area contributed by atoms with E-state index in [1.54, 1.807) is 11.3 Å². The quantitative estimate of drug-likeness (QED) is 0.811. The van der Waals surface area contributed by atoms with Gasteiger partial charge in [0.2, 0.25) is 0 Å². The number of aromatic nitrogens is 1. The second kappa shape index (κ2) is 6.08. The zero-order valence-electron chi connectivity index (χ0n) is 9.92. The van der Waals surface area contributed by atoms with Gasteiger partial charge in [0.15, 0.2) is 5.13 Å². The van der Waals surface area contributed by atoms with Crippen LogP contribution in [0.3, 0.4) is 0 Å². The highest BCUT2D eigenvalue weighted by Gasteiger charge is 2.10. The van der Waals surface area contributed by atoms with E-state index in [9.17, 15) is 0 Å². The van der Waals surface area contributed by atoms with E-state index in [0.29, 0.717) is 6.54 Å². The molecular formula is C11H21N3S. The average Bonchev–Trinajstić information content (AvgIpc) is 2.54. The maximum Gasteiger partial charge on any atom is 0.185 e. The van der Waals surface area contributed by atoms with E-state index in [2.05, 4.69) is 30.7 Å². The largest absolute Gasteiger partial charge is 0.347 e. The van der Waals surface area contributed by atoms with Crippen LogP contribution in [0.1, 0.15) is 30.3 Å². The molecule has 0 radical (unpaired) electrons. The van der Waals surface area contributed by atoms with Gasteiger partial charge in [0.05, 0.1) is 5.69 Å². The lowest BCUT2D eigenvalue weighted by Gasteiger charge is -2.20. The van der Waals surface area contributed by atoms with Gasteiger partial charge in [0, 0.05) is 24.5 Å². The number of unbranched alkanes of at least 4 members (excludes halogenated alkanes) is 1. The van der Waals surface area contributed by atoms with Crippen molar-refractivity contribution < 1.29 is 0 Å². The Hall–Kier alpha value is -0.610. The molecule has 0 saturated heterocycles. The van der Waals surface area contributed by atoms with Crippen molar-refractivity contribution in [1.29, 1.82) is 0 Å². The summed E-state index contributed by atoms with van der Waals surface area (Å²) in [5.74, 6) is 0. The van der Waals surface area contributed by atoms with Gasteiger partial charge in [-0.3, -0.25) is 0 Å². The third kappa shape index (κ3) is 3.47. The van der Waals surface area contributed by atoms with Crippen LogP contribution in [0.5, 0.6) is 0 Å². The van der Waals surface area contributed by atoms with Crippen molar-refractivity contribution in [2.24, 2.45) is 5.73 Å².